The third-order valence-corrected chi connectivity index (χ3v) is 23.8. The first-order valence-corrected chi connectivity index (χ1v) is 48.3. The molecule has 14 rings (SSSR count). The van der Waals surface area contributed by atoms with Crippen molar-refractivity contribution in [2.45, 2.75) is 282 Å². The van der Waals surface area contributed by atoms with Crippen LogP contribution in [0.25, 0.3) is 0 Å². The Hall–Kier alpha value is -12.6. The molecule has 6 aliphatic rings. The second kappa shape index (κ2) is 59.0. The van der Waals surface area contributed by atoms with Crippen molar-refractivity contribution in [1.29, 1.82) is 0 Å². The van der Waals surface area contributed by atoms with E-state index in [0.29, 0.717) is 13.2 Å². The standard InChI is InChI=1S/C74H78O14.C36H48O23.CH4/c75-66-68(81-47-58-33-17-5-18-34-58)64(52-77-44-55-27-11-2-12-28-55)85-73(70(66)82-48-59-35-19-6-20-36-59)88-69-65(53-78-45-56-29-13-3-14-30-56)86-74(72(84-50-61-39-23-8-24-40-61)71(69)83-49-60-37-21-7-22-38-60)87-67-62(80-46-57-31-15-4-16-32-57)41-42-79-63(67)51-76-43-54-25-9-1-10-26-54;1-15(37)47-12-25-28(24(10-11-46-25)50-18(4)40)58-35-34(55-23(9)45)32(53-21(7)43)30(27(57-35)14-49-17(3)39)59-36-33(54-22(8)44)31(52-20(6)42)29(51-19(5)41)26(56-36)13-48-16(2)38;/h1-42,62-75H,43-53H2;10-11,24-36H,12-14H2,1-9H3;1H4/t62-,63?,64?,65?,66-,67-,68-,69-,70?,71+,72?,73+,74-;24-,25?,26?,27?,28+,29+,30+,31+,32+,33?,34?,35+,36-;/m01./s1. The van der Waals surface area contributed by atoms with E-state index in [1.165, 1.54) is 12.3 Å². The summed E-state index contributed by atoms with van der Waals surface area (Å²) in [5, 5.41) is 13.0. The van der Waals surface area contributed by atoms with Crippen LogP contribution in [0.15, 0.2) is 267 Å². The number of hydrogen-bond donors (Lipinski definition) is 1. The number of aliphatic hydroxyl groups is 1. The third kappa shape index (κ3) is 35.3. The number of hydrogen-bond acceptors (Lipinski definition) is 37. The lowest BCUT2D eigenvalue weighted by atomic mass is 9.95. The Morgan fingerprint density at radius 1 is 0.230 bits per heavy atom. The van der Waals surface area contributed by atoms with Gasteiger partial charge in [0.25, 0.3) is 0 Å². The van der Waals surface area contributed by atoms with E-state index in [1.54, 1.807) is 6.26 Å². The van der Waals surface area contributed by atoms with Gasteiger partial charge in [-0.1, -0.05) is 250 Å². The molecule has 26 atom stereocenters. The molecule has 0 aromatic heterocycles. The fourth-order valence-corrected chi connectivity index (χ4v) is 17.1. The normalized spacial score (nSPS) is 27.4. The Bertz CT molecular complexity index is 5430. The summed E-state index contributed by atoms with van der Waals surface area (Å²) in [6.07, 6.45) is -27.8. The molecule has 4 saturated heterocycles. The lowest BCUT2D eigenvalue weighted by Gasteiger charge is -2.50. The molecule has 1 N–H and O–H groups in total. The van der Waals surface area contributed by atoms with E-state index >= 15 is 0 Å². The first kappa shape index (κ1) is 114. The summed E-state index contributed by atoms with van der Waals surface area (Å²) >= 11 is 0. The average Bonchev–Trinajstić information content (AvgIpc) is 0.760. The Kier molecular flexibility index (Phi) is 45.5. The highest BCUT2D eigenvalue weighted by Crippen LogP contribution is 2.41. The maximum absolute atomic E-state index is 13.0. The lowest BCUT2D eigenvalue weighted by Crippen LogP contribution is -2.67. The molecular weight excluding hydrogens is 1930 g/mol. The van der Waals surface area contributed by atoms with Crippen molar-refractivity contribution >= 4 is 53.7 Å². The molecule has 0 radical (unpaired) electrons. The Morgan fingerprint density at radius 2 is 0.473 bits per heavy atom. The minimum absolute atomic E-state index is 0. The molecule has 148 heavy (non-hydrogen) atoms. The van der Waals surface area contributed by atoms with Gasteiger partial charge >= 0.3 is 53.7 Å². The second-order valence-electron chi connectivity index (χ2n) is 35.2. The number of ether oxygens (including phenoxy) is 27. The second-order valence-corrected chi connectivity index (χ2v) is 35.2. The fraction of sp³-hybridized carbons (Fsp3) is 0.450. The number of carbonyl (C=O) groups excluding carboxylic acids is 9. The van der Waals surface area contributed by atoms with E-state index in [2.05, 4.69) is 0 Å². The molecule has 8 aromatic carbocycles. The minimum Gasteiger partial charge on any atom is -0.493 e. The van der Waals surface area contributed by atoms with Gasteiger partial charge in [-0.3, -0.25) is 43.2 Å². The van der Waals surface area contributed by atoms with Crippen LogP contribution in [-0.4, -0.2) is 258 Å². The molecular formula is C111H130O37. The van der Waals surface area contributed by atoms with E-state index < -0.39 is 233 Å². The van der Waals surface area contributed by atoms with Gasteiger partial charge in [-0.15, -0.1) is 0 Å². The molecule has 0 bridgehead atoms. The van der Waals surface area contributed by atoms with Gasteiger partial charge in [0.1, 0.15) is 105 Å². The van der Waals surface area contributed by atoms with Gasteiger partial charge in [0.15, 0.2) is 74.0 Å². The summed E-state index contributed by atoms with van der Waals surface area (Å²) in [6, 6.07) is 79.3. The molecule has 8 aromatic rings. The van der Waals surface area contributed by atoms with Crippen molar-refractivity contribution in [3.8, 4) is 0 Å². The van der Waals surface area contributed by atoms with Crippen LogP contribution in [0.1, 0.15) is 114 Å². The number of benzene rings is 8. The highest BCUT2D eigenvalue weighted by Gasteiger charge is 2.60. The zero-order chi connectivity index (χ0) is 104. The van der Waals surface area contributed by atoms with Crippen molar-refractivity contribution in [3.05, 3.63) is 312 Å². The molecule has 6 aliphatic heterocycles. The molecule has 37 heteroatoms. The maximum Gasteiger partial charge on any atom is 0.303 e. The number of carbonyl (C=O) groups is 9. The predicted molar refractivity (Wildman–Crippen MR) is 522 cm³/mol. The monoisotopic (exact) mass is 2050 g/mol. The van der Waals surface area contributed by atoms with Crippen LogP contribution in [0.2, 0.25) is 0 Å². The van der Waals surface area contributed by atoms with Crippen LogP contribution < -0.4 is 0 Å². The van der Waals surface area contributed by atoms with E-state index in [4.69, 9.17) is 128 Å². The van der Waals surface area contributed by atoms with Crippen molar-refractivity contribution < 1.29 is 176 Å². The van der Waals surface area contributed by atoms with Gasteiger partial charge in [0.2, 0.25) is 0 Å². The Balaban J connectivity index is 0.000000284. The summed E-state index contributed by atoms with van der Waals surface area (Å²) in [4.78, 5) is 110. The molecule has 796 valence electrons. The van der Waals surface area contributed by atoms with Crippen LogP contribution in [0.3, 0.4) is 0 Å². The fourth-order valence-electron chi connectivity index (χ4n) is 17.1. The van der Waals surface area contributed by atoms with Crippen molar-refractivity contribution in [3.63, 3.8) is 0 Å². The van der Waals surface area contributed by atoms with E-state index in [-0.39, 0.29) is 66.9 Å². The van der Waals surface area contributed by atoms with Crippen LogP contribution >= 0.6 is 0 Å². The first-order chi connectivity index (χ1) is 71.2. The van der Waals surface area contributed by atoms with Gasteiger partial charge in [0, 0.05) is 62.3 Å². The highest BCUT2D eigenvalue weighted by molar-refractivity contribution is 5.70. The van der Waals surface area contributed by atoms with Gasteiger partial charge in [-0.05, 0) is 56.7 Å². The van der Waals surface area contributed by atoms with Crippen molar-refractivity contribution in [2.24, 2.45) is 0 Å². The zero-order valence-corrected chi connectivity index (χ0v) is 83.0. The van der Waals surface area contributed by atoms with E-state index in [9.17, 15) is 48.3 Å². The molecule has 6 heterocycles. The Morgan fingerprint density at radius 3 is 0.838 bits per heavy atom. The number of rotatable bonds is 47. The van der Waals surface area contributed by atoms with Crippen LogP contribution in [0, 0.1) is 0 Å². The average molecular weight is 2060 g/mol. The zero-order valence-electron chi connectivity index (χ0n) is 83.0. The van der Waals surface area contributed by atoms with E-state index in [1.807, 2.05) is 249 Å². The maximum atomic E-state index is 13.0. The number of aliphatic hydroxyl groups excluding tert-OH is 1. The highest BCUT2D eigenvalue weighted by atomic mass is 16.8. The Labute approximate surface area is 859 Å². The number of esters is 9. The van der Waals surface area contributed by atoms with Crippen LogP contribution in [0.4, 0.5) is 0 Å². The molecule has 0 amide bonds. The summed E-state index contributed by atoms with van der Waals surface area (Å²) in [7, 11) is 0. The summed E-state index contributed by atoms with van der Waals surface area (Å²) in [5.41, 5.74) is 7.55. The molecule has 37 nitrogen and oxygen atoms in total. The lowest BCUT2D eigenvalue weighted by molar-refractivity contribution is -0.382. The summed E-state index contributed by atoms with van der Waals surface area (Å²) in [5.74, 6) is -7.85. The van der Waals surface area contributed by atoms with E-state index in [0.717, 1.165) is 107 Å². The first-order valence-electron chi connectivity index (χ1n) is 48.3. The third-order valence-electron chi connectivity index (χ3n) is 23.8. The summed E-state index contributed by atoms with van der Waals surface area (Å²) in [6.45, 7) is 9.57. The van der Waals surface area contributed by atoms with Crippen molar-refractivity contribution in [1.82, 2.24) is 0 Å². The largest absolute Gasteiger partial charge is 0.493 e. The molecule has 10 unspecified atom stereocenters. The SMILES string of the molecule is C.CC(=O)OCC1OC=C[C@@H](OC(C)=O)[C@@H]1O[C@@H]1OC(COC(C)=O)[C@H](O[C@H]2OC(COC(C)=O)[C@H](OC(C)=O)[C@H](OC(C)=O)C2OC(C)=O)[C@H](OC(C)=O)C1OC(C)=O.O[C@@H]1C(OCc2ccccc2)[C@@H](O[C@H]2C(COCc3ccccc3)O[C@@H](O[C@@H]3C(COCc4ccccc4)OC=C[C@@H]3OCc3ccccc3)C(OCc3ccccc3)[C@@H]2OCc2ccccc2)OC(COCc2ccccc2)[C@@H]1OCc1ccccc1. The van der Waals surface area contributed by atoms with Gasteiger partial charge in [0.05, 0.1) is 85.2 Å². The quantitative estimate of drug-likeness (QED) is 0.0273. The molecule has 4 fully saturated rings. The topological polar surface area (TPSA) is 423 Å². The summed E-state index contributed by atoms with van der Waals surface area (Å²) < 4.78 is 169. The van der Waals surface area contributed by atoms with Gasteiger partial charge in [-0.25, -0.2) is 0 Å². The van der Waals surface area contributed by atoms with Crippen LogP contribution in [0.5, 0.6) is 0 Å². The van der Waals surface area contributed by atoms with Crippen LogP contribution in [-0.2, 0) is 224 Å². The minimum atomic E-state index is -1.91. The molecule has 0 saturated carbocycles. The molecule has 0 aliphatic carbocycles. The van der Waals surface area contributed by atoms with Gasteiger partial charge < -0.3 is 133 Å². The molecule has 0 spiro atoms. The smallest absolute Gasteiger partial charge is 0.303 e. The predicted octanol–water partition coefficient (Wildman–Crippen LogP) is 12.1. The van der Waals surface area contributed by atoms with Crippen molar-refractivity contribution in [2.75, 3.05) is 39.6 Å². The van der Waals surface area contributed by atoms with Gasteiger partial charge in [-0.2, -0.15) is 0 Å².